The minimum absolute atomic E-state index is 0.0300. The Kier molecular flexibility index (Phi) is 6.44. The van der Waals surface area contributed by atoms with Crippen molar-refractivity contribution in [2.75, 3.05) is 49.2 Å². The highest BCUT2D eigenvalue weighted by molar-refractivity contribution is 7.89. The van der Waals surface area contributed by atoms with Crippen LogP contribution in [0, 0.1) is 0 Å². The predicted octanol–water partition coefficient (Wildman–Crippen LogP) is 0.990. The molecule has 0 radical (unpaired) electrons. The van der Waals surface area contributed by atoms with Crippen molar-refractivity contribution in [1.29, 1.82) is 0 Å². The Bertz CT molecular complexity index is 1050. The molecule has 11 heteroatoms. The average molecular weight is 447 g/mol. The van der Waals surface area contributed by atoms with Crippen LogP contribution in [0.3, 0.4) is 0 Å². The number of nitrogens with zero attached hydrogens (tertiary/aromatic N) is 5. The zero-order valence-electron chi connectivity index (χ0n) is 17.5. The molecule has 2 aliphatic heterocycles. The number of hydrogen-bond acceptors (Lipinski definition) is 9. The summed E-state index contributed by atoms with van der Waals surface area (Å²) in [7, 11) is -3.83. The number of nitrogens with one attached hydrogen (secondary N) is 1. The Morgan fingerprint density at radius 3 is 2.32 bits per heavy atom. The number of rotatable bonds is 7. The minimum Gasteiger partial charge on any atom is -0.378 e. The normalized spacial score (nSPS) is 17.2. The molecule has 31 heavy (non-hydrogen) atoms. The molecule has 10 nitrogen and oxygen atoms in total. The fraction of sp³-hybridized carbons (Fsp3) is 0.500. The van der Waals surface area contributed by atoms with Crippen LogP contribution >= 0.6 is 0 Å². The standard InChI is InChI=1S/C20H26N6O4S/c1-15(27)16-5-4-6-17(13-16)31(28,29)21-14-18-22-19(25-7-2-3-8-25)24-20(23-18)26-9-11-30-12-10-26/h4-6,13,21H,2-3,7-12,14H2,1H3. The molecule has 0 atom stereocenters. The second kappa shape index (κ2) is 9.25. The lowest BCUT2D eigenvalue weighted by atomic mass is 10.2. The highest BCUT2D eigenvalue weighted by Gasteiger charge is 2.22. The number of benzene rings is 1. The first-order chi connectivity index (χ1) is 14.9. The third kappa shape index (κ3) is 5.17. The Labute approximate surface area is 181 Å². The monoisotopic (exact) mass is 446 g/mol. The van der Waals surface area contributed by atoms with Crippen molar-refractivity contribution in [3.05, 3.63) is 35.7 Å². The highest BCUT2D eigenvalue weighted by Crippen LogP contribution is 2.20. The second-order valence-corrected chi connectivity index (χ2v) is 9.32. The third-order valence-electron chi connectivity index (χ3n) is 5.31. The van der Waals surface area contributed by atoms with E-state index in [1.807, 2.05) is 4.90 Å². The summed E-state index contributed by atoms with van der Waals surface area (Å²) in [6, 6.07) is 5.96. The van der Waals surface area contributed by atoms with Gasteiger partial charge in [0, 0.05) is 31.7 Å². The number of carbonyl (C=O) groups is 1. The quantitative estimate of drug-likeness (QED) is 0.621. The summed E-state index contributed by atoms with van der Waals surface area (Å²) in [5.74, 6) is 1.26. The molecule has 1 aromatic carbocycles. The van der Waals surface area contributed by atoms with Crippen LogP contribution in [0.25, 0.3) is 0 Å². The Morgan fingerprint density at radius 2 is 1.68 bits per heavy atom. The van der Waals surface area contributed by atoms with Crippen LogP contribution in [0.1, 0.15) is 35.9 Å². The van der Waals surface area contributed by atoms with Crippen molar-refractivity contribution < 1.29 is 17.9 Å². The van der Waals surface area contributed by atoms with Gasteiger partial charge < -0.3 is 14.5 Å². The molecule has 0 unspecified atom stereocenters. The first-order valence-electron chi connectivity index (χ1n) is 10.4. The van der Waals surface area contributed by atoms with E-state index >= 15 is 0 Å². The summed E-state index contributed by atoms with van der Waals surface area (Å²) in [4.78, 5) is 29.4. The van der Waals surface area contributed by atoms with Crippen molar-refractivity contribution in [2.45, 2.75) is 31.2 Å². The molecule has 2 aromatic rings. The van der Waals surface area contributed by atoms with E-state index in [2.05, 4.69) is 24.6 Å². The maximum atomic E-state index is 12.8. The molecule has 166 valence electrons. The Balaban J connectivity index is 1.57. The van der Waals surface area contributed by atoms with Crippen molar-refractivity contribution in [3.63, 3.8) is 0 Å². The van der Waals surface area contributed by atoms with Gasteiger partial charge in [0.2, 0.25) is 21.9 Å². The summed E-state index contributed by atoms with van der Waals surface area (Å²) < 4.78 is 33.5. The maximum Gasteiger partial charge on any atom is 0.240 e. The lowest BCUT2D eigenvalue weighted by Gasteiger charge is -2.28. The van der Waals surface area contributed by atoms with Crippen molar-refractivity contribution >= 4 is 27.7 Å². The number of carbonyl (C=O) groups excluding carboxylic acids is 1. The van der Waals surface area contributed by atoms with Gasteiger partial charge in [0.15, 0.2) is 11.6 Å². The van der Waals surface area contributed by atoms with E-state index < -0.39 is 10.0 Å². The molecular formula is C20H26N6O4S. The average Bonchev–Trinajstić information content (AvgIpc) is 3.33. The number of sulfonamides is 1. The summed E-state index contributed by atoms with van der Waals surface area (Å²) in [6.07, 6.45) is 2.15. The van der Waals surface area contributed by atoms with E-state index in [0.29, 0.717) is 49.6 Å². The molecule has 1 N–H and O–H groups in total. The molecule has 1 aromatic heterocycles. The third-order valence-corrected chi connectivity index (χ3v) is 6.71. The number of ketones is 1. The molecule has 4 rings (SSSR count). The second-order valence-electron chi connectivity index (χ2n) is 7.55. The van der Waals surface area contributed by atoms with Crippen molar-refractivity contribution in [1.82, 2.24) is 19.7 Å². The van der Waals surface area contributed by atoms with E-state index in [-0.39, 0.29) is 17.2 Å². The lowest BCUT2D eigenvalue weighted by molar-refractivity contribution is 0.101. The fourth-order valence-electron chi connectivity index (χ4n) is 3.56. The molecule has 0 bridgehead atoms. The van der Waals surface area contributed by atoms with Crippen LogP contribution in [0.4, 0.5) is 11.9 Å². The van der Waals surface area contributed by atoms with Gasteiger partial charge in [0.05, 0.1) is 24.7 Å². The topological polar surface area (TPSA) is 118 Å². The van der Waals surface area contributed by atoms with E-state index in [1.54, 1.807) is 12.1 Å². The van der Waals surface area contributed by atoms with Gasteiger partial charge in [-0.1, -0.05) is 12.1 Å². The number of ether oxygens (including phenoxy) is 1. The number of Topliss-reactive ketones (excluding diaryl/α,β-unsaturated/α-hetero) is 1. The summed E-state index contributed by atoms with van der Waals surface area (Å²) >= 11 is 0. The summed E-state index contributed by atoms with van der Waals surface area (Å²) in [5.41, 5.74) is 0.342. The minimum atomic E-state index is -3.83. The molecule has 0 amide bonds. The highest BCUT2D eigenvalue weighted by atomic mass is 32.2. The van der Waals surface area contributed by atoms with Crippen LogP contribution in [-0.4, -0.2) is 68.5 Å². The summed E-state index contributed by atoms with van der Waals surface area (Å²) in [6.45, 7) is 5.60. The molecule has 3 heterocycles. The van der Waals surface area contributed by atoms with E-state index in [4.69, 9.17) is 4.74 Å². The molecule has 2 saturated heterocycles. The SMILES string of the molecule is CC(=O)c1cccc(S(=O)(=O)NCc2nc(N3CCCC3)nc(N3CCOCC3)n2)c1. The van der Waals surface area contributed by atoms with Gasteiger partial charge in [0.25, 0.3) is 0 Å². The zero-order chi connectivity index (χ0) is 21.8. The van der Waals surface area contributed by atoms with Gasteiger partial charge in [-0.3, -0.25) is 4.79 Å². The van der Waals surface area contributed by atoms with Crippen LogP contribution in [-0.2, 0) is 21.3 Å². The van der Waals surface area contributed by atoms with Gasteiger partial charge >= 0.3 is 0 Å². The molecular weight excluding hydrogens is 420 g/mol. The zero-order valence-corrected chi connectivity index (χ0v) is 18.3. The van der Waals surface area contributed by atoms with Crippen molar-refractivity contribution in [2.24, 2.45) is 0 Å². The van der Waals surface area contributed by atoms with Gasteiger partial charge in [-0.15, -0.1) is 0 Å². The predicted molar refractivity (Wildman–Crippen MR) is 115 cm³/mol. The van der Waals surface area contributed by atoms with Gasteiger partial charge in [-0.2, -0.15) is 15.0 Å². The van der Waals surface area contributed by atoms with E-state index in [1.165, 1.54) is 19.1 Å². The van der Waals surface area contributed by atoms with E-state index in [9.17, 15) is 13.2 Å². The maximum absolute atomic E-state index is 12.8. The molecule has 0 aliphatic carbocycles. The Morgan fingerprint density at radius 1 is 1.03 bits per heavy atom. The molecule has 0 saturated carbocycles. The smallest absolute Gasteiger partial charge is 0.240 e. The van der Waals surface area contributed by atoms with Crippen LogP contribution in [0.2, 0.25) is 0 Å². The van der Waals surface area contributed by atoms with E-state index in [0.717, 1.165) is 25.9 Å². The lowest BCUT2D eigenvalue weighted by Crippen LogP contribution is -2.38. The van der Waals surface area contributed by atoms with Gasteiger partial charge in [0.1, 0.15) is 0 Å². The first kappa shape index (κ1) is 21.6. The molecule has 2 aliphatic rings. The number of morpholine rings is 1. The number of anilines is 2. The largest absolute Gasteiger partial charge is 0.378 e. The molecule has 2 fully saturated rings. The molecule has 0 spiro atoms. The first-order valence-corrected chi connectivity index (χ1v) is 11.8. The summed E-state index contributed by atoms with van der Waals surface area (Å²) in [5, 5.41) is 0. The van der Waals surface area contributed by atoms with Gasteiger partial charge in [-0.05, 0) is 31.9 Å². The number of aromatic nitrogens is 3. The van der Waals surface area contributed by atoms with Gasteiger partial charge in [-0.25, -0.2) is 13.1 Å². The fourth-order valence-corrected chi connectivity index (χ4v) is 4.59. The van der Waals surface area contributed by atoms with Crippen LogP contribution in [0.5, 0.6) is 0 Å². The van der Waals surface area contributed by atoms with Crippen LogP contribution < -0.4 is 14.5 Å². The van der Waals surface area contributed by atoms with Crippen LogP contribution in [0.15, 0.2) is 29.2 Å². The number of hydrogen-bond donors (Lipinski definition) is 1. The Hall–Kier alpha value is -2.63. The van der Waals surface area contributed by atoms with Crippen molar-refractivity contribution in [3.8, 4) is 0 Å².